The van der Waals surface area contributed by atoms with Crippen molar-refractivity contribution in [1.29, 1.82) is 0 Å². The lowest BCUT2D eigenvalue weighted by Gasteiger charge is -2.05. The van der Waals surface area contributed by atoms with E-state index in [1.807, 2.05) is 24.5 Å². The maximum atomic E-state index is 10.7. The van der Waals surface area contributed by atoms with Gasteiger partial charge < -0.3 is 0 Å². The molecule has 1 nitrogen and oxygen atoms in total. The maximum absolute atomic E-state index is 10.7. The van der Waals surface area contributed by atoms with Gasteiger partial charge in [0.05, 0.1) is 9.52 Å². The molecule has 0 spiro atoms. The van der Waals surface area contributed by atoms with Gasteiger partial charge in [0.15, 0.2) is 0 Å². The van der Waals surface area contributed by atoms with E-state index in [1.54, 1.807) is 0 Å². The fourth-order valence-electron chi connectivity index (χ4n) is 1.65. The summed E-state index contributed by atoms with van der Waals surface area (Å²) in [5.41, 5.74) is 0.750. The van der Waals surface area contributed by atoms with Gasteiger partial charge in [-0.15, -0.1) is 0 Å². The summed E-state index contributed by atoms with van der Waals surface area (Å²) in [5, 5.41) is 2.74. The van der Waals surface area contributed by atoms with E-state index in [9.17, 15) is 4.79 Å². The lowest BCUT2D eigenvalue weighted by molar-refractivity contribution is 0.563. The van der Waals surface area contributed by atoms with Crippen molar-refractivity contribution in [3.63, 3.8) is 0 Å². The fourth-order valence-corrected chi connectivity index (χ4v) is 3.46. The van der Waals surface area contributed by atoms with Crippen molar-refractivity contribution >= 4 is 21.0 Å². The van der Waals surface area contributed by atoms with Crippen LogP contribution in [-0.2, 0) is 4.79 Å². The molecule has 1 aromatic carbocycles. The van der Waals surface area contributed by atoms with Gasteiger partial charge >= 0.3 is 0 Å². The van der Waals surface area contributed by atoms with E-state index in [0.717, 1.165) is 18.4 Å². The molecule has 0 saturated carbocycles. The van der Waals surface area contributed by atoms with Crippen LogP contribution in [0.25, 0.3) is 0 Å². The number of allylic oxidation sites excluding steroid dienone is 2. The molecule has 0 bridgehead atoms. The van der Waals surface area contributed by atoms with Crippen LogP contribution in [0.3, 0.4) is 0 Å². The molecule has 0 fully saturated rings. The number of hydrogen-bond acceptors (Lipinski definition) is 1. The molecule has 79 valence electrons. The Bertz CT molecular complexity index is 355. The fraction of sp³-hybridized carbons (Fsp3) is 0.308. The summed E-state index contributed by atoms with van der Waals surface area (Å²) in [6, 6.07) is 7.82. The number of benzene rings is 1. The van der Waals surface area contributed by atoms with Crippen LogP contribution in [0, 0.1) is 0 Å². The van der Waals surface area contributed by atoms with Crippen LogP contribution in [0.2, 0.25) is 0 Å². The SMILES string of the molecule is CC/C=C(\CC)[SiH2]c1ccccc1[C]=O. The first kappa shape index (κ1) is 11.9. The van der Waals surface area contributed by atoms with Crippen LogP contribution < -0.4 is 5.19 Å². The van der Waals surface area contributed by atoms with Crippen molar-refractivity contribution in [2.75, 3.05) is 0 Å². The second-order valence-corrected chi connectivity index (χ2v) is 5.58. The van der Waals surface area contributed by atoms with Crippen molar-refractivity contribution in [2.45, 2.75) is 26.7 Å². The largest absolute Gasteiger partial charge is 0.285 e. The molecule has 1 rings (SSSR count). The molecule has 0 saturated heterocycles. The minimum atomic E-state index is -0.450. The average Bonchev–Trinajstić information content (AvgIpc) is 2.29. The topological polar surface area (TPSA) is 17.1 Å². The lowest BCUT2D eigenvalue weighted by Crippen LogP contribution is -2.20. The first-order valence-electron chi connectivity index (χ1n) is 5.45. The molecule has 0 atom stereocenters. The maximum Gasteiger partial charge on any atom is 0.233 e. The van der Waals surface area contributed by atoms with Crippen LogP contribution >= 0.6 is 0 Å². The Hall–Kier alpha value is -1.15. The molecular weight excluding hydrogens is 200 g/mol. The van der Waals surface area contributed by atoms with Gasteiger partial charge in [-0.2, -0.15) is 0 Å². The van der Waals surface area contributed by atoms with E-state index < -0.39 is 9.52 Å². The molecular formula is C13H17OSi. The Morgan fingerprint density at radius 2 is 2.13 bits per heavy atom. The molecule has 0 amide bonds. The Kier molecular flexibility index (Phi) is 5.05. The van der Waals surface area contributed by atoms with Gasteiger partial charge in [0.1, 0.15) is 0 Å². The van der Waals surface area contributed by atoms with Gasteiger partial charge in [0.2, 0.25) is 6.29 Å². The van der Waals surface area contributed by atoms with Gasteiger partial charge in [0, 0.05) is 5.56 Å². The second kappa shape index (κ2) is 6.35. The van der Waals surface area contributed by atoms with E-state index >= 15 is 0 Å². The van der Waals surface area contributed by atoms with E-state index in [2.05, 4.69) is 26.0 Å². The highest BCUT2D eigenvalue weighted by atomic mass is 28.2. The monoisotopic (exact) mass is 217 g/mol. The molecule has 1 aromatic rings. The van der Waals surface area contributed by atoms with Crippen molar-refractivity contribution < 1.29 is 4.79 Å². The highest BCUT2D eigenvalue weighted by Crippen LogP contribution is 2.02. The third kappa shape index (κ3) is 3.48. The Morgan fingerprint density at radius 1 is 1.40 bits per heavy atom. The van der Waals surface area contributed by atoms with E-state index in [1.165, 1.54) is 10.4 Å². The Balaban J connectivity index is 2.87. The smallest absolute Gasteiger partial charge is 0.233 e. The zero-order valence-corrected chi connectivity index (χ0v) is 10.8. The van der Waals surface area contributed by atoms with Crippen molar-refractivity contribution in [2.24, 2.45) is 0 Å². The highest BCUT2D eigenvalue weighted by molar-refractivity contribution is 6.62. The number of carbonyl (C=O) groups excluding carboxylic acids is 1. The van der Waals surface area contributed by atoms with Crippen LogP contribution in [0.4, 0.5) is 0 Å². The van der Waals surface area contributed by atoms with E-state index in [-0.39, 0.29) is 0 Å². The summed E-state index contributed by atoms with van der Waals surface area (Å²) < 4.78 is 0. The van der Waals surface area contributed by atoms with Gasteiger partial charge in [-0.05, 0) is 12.8 Å². The summed E-state index contributed by atoms with van der Waals surface area (Å²) in [6.45, 7) is 4.34. The van der Waals surface area contributed by atoms with Crippen molar-refractivity contribution in [1.82, 2.24) is 0 Å². The van der Waals surface area contributed by atoms with Gasteiger partial charge in [-0.1, -0.05) is 54.6 Å². The molecule has 0 aromatic heterocycles. The number of hydrogen-bond donors (Lipinski definition) is 0. The highest BCUT2D eigenvalue weighted by Gasteiger charge is 2.03. The molecule has 0 N–H and O–H groups in total. The van der Waals surface area contributed by atoms with Crippen LogP contribution in [0.5, 0.6) is 0 Å². The third-order valence-corrected chi connectivity index (χ3v) is 4.73. The normalized spacial score (nSPS) is 12.3. The summed E-state index contributed by atoms with van der Waals surface area (Å²) in [5.74, 6) is 0. The van der Waals surface area contributed by atoms with Crippen molar-refractivity contribution in [3.8, 4) is 0 Å². The molecule has 0 heterocycles. The van der Waals surface area contributed by atoms with Crippen LogP contribution in [0.15, 0.2) is 35.5 Å². The van der Waals surface area contributed by atoms with Gasteiger partial charge in [-0.3, -0.25) is 4.79 Å². The summed E-state index contributed by atoms with van der Waals surface area (Å²) in [4.78, 5) is 10.7. The summed E-state index contributed by atoms with van der Waals surface area (Å²) in [6.07, 6.45) is 6.51. The zero-order chi connectivity index (χ0) is 11.1. The Labute approximate surface area is 94.0 Å². The summed E-state index contributed by atoms with van der Waals surface area (Å²) >= 11 is 0. The minimum absolute atomic E-state index is 0.450. The quantitative estimate of drug-likeness (QED) is 0.685. The molecule has 0 aliphatic rings. The molecule has 0 unspecified atom stereocenters. The van der Waals surface area contributed by atoms with Gasteiger partial charge in [0.25, 0.3) is 0 Å². The van der Waals surface area contributed by atoms with Crippen LogP contribution in [-0.4, -0.2) is 15.8 Å². The zero-order valence-electron chi connectivity index (χ0n) is 9.42. The summed E-state index contributed by atoms with van der Waals surface area (Å²) in [7, 11) is -0.450. The molecule has 0 aliphatic carbocycles. The first-order valence-corrected chi connectivity index (χ1v) is 6.87. The minimum Gasteiger partial charge on any atom is -0.285 e. The van der Waals surface area contributed by atoms with E-state index in [0.29, 0.717) is 0 Å². The first-order chi connectivity index (χ1) is 7.31. The molecule has 2 heteroatoms. The lowest BCUT2D eigenvalue weighted by atomic mass is 10.2. The predicted molar refractivity (Wildman–Crippen MR) is 68.1 cm³/mol. The van der Waals surface area contributed by atoms with E-state index in [4.69, 9.17) is 0 Å². The second-order valence-electron chi connectivity index (χ2n) is 3.56. The predicted octanol–water partition coefficient (Wildman–Crippen LogP) is 1.64. The van der Waals surface area contributed by atoms with Gasteiger partial charge in [-0.25, -0.2) is 0 Å². The standard InChI is InChI=1S/C13H17OSi/c1-3-7-12(4-2)15-13-9-6-5-8-11(13)10-14/h5-9H,3-4,15H2,1-2H3/b12-7+. The third-order valence-electron chi connectivity index (χ3n) is 2.49. The Morgan fingerprint density at radius 3 is 2.73 bits per heavy atom. The molecule has 1 radical (unpaired) electrons. The van der Waals surface area contributed by atoms with Crippen LogP contribution in [0.1, 0.15) is 32.3 Å². The molecule has 15 heavy (non-hydrogen) atoms. The number of rotatable bonds is 5. The molecule has 0 aliphatic heterocycles. The average molecular weight is 217 g/mol. The van der Waals surface area contributed by atoms with Crippen molar-refractivity contribution in [3.05, 3.63) is 41.1 Å².